The predicted octanol–water partition coefficient (Wildman–Crippen LogP) is 4.55. The number of hydrogen-bond acceptors (Lipinski definition) is 3. The van der Waals surface area contributed by atoms with E-state index in [1.807, 2.05) is 30.3 Å². The lowest BCUT2D eigenvalue weighted by molar-refractivity contribution is -0.141. The van der Waals surface area contributed by atoms with Gasteiger partial charge in [-0.3, -0.25) is 9.21 Å². The third-order valence-electron chi connectivity index (χ3n) is 4.28. The lowest BCUT2D eigenvalue weighted by Gasteiger charge is -2.31. The van der Waals surface area contributed by atoms with Gasteiger partial charge in [-0.25, -0.2) is 0 Å². The molecule has 1 aromatic carbocycles. The standard InChI is InChI=1S/C17H24ClNO2/c1-21-17(20)13-16(12-14-8-4-2-5-9-14)19(18)15-10-6-3-7-11-15/h3,6-7,10-11,14,16H,2,4-5,8-9,12-13H2,1H3/t16-/m0/s1. The van der Waals surface area contributed by atoms with Crippen molar-refractivity contribution in [2.24, 2.45) is 5.92 Å². The molecule has 0 N–H and O–H groups in total. The number of benzene rings is 1. The molecule has 1 aliphatic carbocycles. The molecule has 2 rings (SSSR count). The number of methoxy groups -OCH3 is 1. The quantitative estimate of drug-likeness (QED) is 0.570. The molecular weight excluding hydrogens is 286 g/mol. The first-order valence-corrected chi connectivity index (χ1v) is 8.11. The fourth-order valence-electron chi connectivity index (χ4n) is 3.12. The highest BCUT2D eigenvalue weighted by molar-refractivity contribution is 6.26. The van der Waals surface area contributed by atoms with E-state index in [0.717, 1.165) is 12.1 Å². The molecule has 1 saturated carbocycles. The average molecular weight is 310 g/mol. The van der Waals surface area contributed by atoms with Crippen LogP contribution in [-0.4, -0.2) is 19.1 Å². The van der Waals surface area contributed by atoms with Crippen molar-refractivity contribution < 1.29 is 9.53 Å². The summed E-state index contributed by atoms with van der Waals surface area (Å²) in [4.78, 5) is 11.7. The minimum atomic E-state index is -0.197. The molecular formula is C17H24ClNO2. The van der Waals surface area contributed by atoms with Gasteiger partial charge in [0.2, 0.25) is 0 Å². The number of ether oxygens (including phenoxy) is 1. The summed E-state index contributed by atoms with van der Waals surface area (Å²) < 4.78 is 6.55. The van der Waals surface area contributed by atoms with E-state index in [1.165, 1.54) is 39.2 Å². The summed E-state index contributed by atoms with van der Waals surface area (Å²) in [7, 11) is 1.43. The Balaban J connectivity index is 2.05. The molecule has 21 heavy (non-hydrogen) atoms. The van der Waals surface area contributed by atoms with Gasteiger partial charge in [0, 0.05) is 11.8 Å². The summed E-state index contributed by atoms with van der Waals surface area (Å²) in [5, 5.41) is 0. The van der Waals surface area contributed by atoms with Crippen molar-refractivity contribution in [1.29, 1.82) is 0 Å². The molecule has 4 heteroatoms. The molecule has 0 saturated heterocycles. The Morgan fingerprint density at radius 2 is 1.95 bits per heavy atom. The molecule has 0 unspecified atom stereocenters. The van der Waals surface area contributed by atoms with Crippen LogP contribution in [0.2, 0.25) is 0 Å². The fourth-order valence-corrected chi connectivity index (χ4v) is 3.38. The molecule has 0 spiro atoms. The van der Waals surface area contributed by atoms with Crippen LogP contribution in [0.1, 0.15) is 44.9 Å². The fraction of sp³-hybridized carbons (Fsp3) is 0.588. The van der Waals surface area contributed by atoms with Gasteiger partial charge in [-0.2, -0.15) is 0 Å². The Labute approximate surface area is 132 Å². The second kappa shape index (κ2) is 8.28. The van der Waals surface area contributed by atoms with E-state index in [0.29, 0.717) is 12.3 Å². The SMILES string of the molecule is COC(=O)C[C@H](CC1CCCCC1)N(Cl)c1ccccc1. The molecule has 0 amide bonds. The molecule has 3 nitrogen and oxygen atoms in total. The lowest BCUT2D eigenvalue weighted by Crippen LogP contribution is -2.32. The molecule has 1 aromatic rings. The summed E-state index contributed by atoms with van der Waals surface area (Å²) >= 11 is 6.52. The van der Waals surface area contributed by atoms with Gasteiger partial charge in [0.15, 0.2) is 0 Å². The number of rotatable bonds is 6. The van der Waals surface area contributed by atoms with E-state index in [4.69, 9.17) is 16.5 Å². The molecule has 0 bridgehead atoms. The summed E-state index contributed by atoms with van der Waals surface area (Å²) in [6, 6.07) is 9.81. The second-order valence-electron chi connectivity index (χ2n) is 5.82. The first kappa shape index (κ1) is 16.2. The van der Waals surface area contributed by atoms with Crippen LogP contribution in [0, 0.1) is 5.92 Å². The molecule has 0 aromatic heterocycles. The van der Waals surface area contributed by atoms with Crippen molar-refractivity contribution in [2.45, 2.75) is 51.0 Å². The van der Waals surface area contributed by atoms with Gasteiger partial charge in [-0.1, -0.05) is 50.3 Å². The van der Waals surface area contributed by atoms with Gasteiger partial charge in [-0.15, -0.1) is 0 Å². The van der Waals surface area contributed by atoms with E-state index in [2.05, 4.69) is 0 Å². The highest BCUT2D eigenvalue weighted by atomic mass is 35.5. The highest BCUT2D eigenvalue weighted by Crippen LogP contribution is 2.32. The third-order valence-corrected chi connectivity index (χ3v) is 4.75. The number of anilines is 1. The first-order valence-electron chi connectivity index (χ1n) is 7.77. The Kier molecular flexibility index (Phi) is 6.37. The normalized spacial score (nSPS) is 17.2. The minimum Gasteiger partial charge on any atom is -0.469 e. The van der Waals surface area contributed by atoms with E-state index in [9.17, 15) is 4.79 Å². The highest BCUT2D eigenvalue weighted by Gasteiger charge is 2.26. The summed E-state index contributed by atoms with van der Waals surface area (Å²) in [5.74, 6) is 0.468. The maximum atomic E-state index is 11.7. The van der Waals surface area contributed by atoms with E-state index in [-0.39, 0.29) is 12.0 Å². The maximum absolute atomic E-state index is 11.7. The largest absolute Gasteiger partial charge is 0.469 e. The second-order valence-corrected chi connectivity index (χ2v) is 6.18. The van der Waals surface area contributed by atoms with Crippen molar-refractivity contribution in [2.75, 3.05) is 11.5 Å². The van der Waals surface area contributed by atoms with E-state index < -0.39 is 0 Å². The first-order chi connectivity index (χ1) is 10.2. The predicted molar refractivity (Wildman–Crippen MR) is 86.4 cm³/mol. The van der Waals surface area contributed by atoms with Crippen LogP contribution in [0.4, 0.5) is 5.69 Å². The third kappa shape index (κ3) is 4.92. The number of carbonyl (C=O) groups excluding carboxylic acids is 1. The molecule has 116 valence electrons. The van der Waals surface area contributed by atoms with Gasteiger partial charge in [0.25, 0.3) is 0 Å². The van der Waals surface area contributed by atoms with Gasteiger partial charge >= 0.3 is 5.97 Å². The van der Waals surface area contributed by atoms with Crippen LogP contribution >= 0.6 is 11.8 Å². The van der Waals surface area contributed by atoms with Crippen LogP contribution in [0.5, 0.6) is 0 Å². The van der Waals surface area contributed by atoms with Crippen LogP contribution in [-0.2, 0) is 9.53 Å². The number of para-hydroxylation sites is 1. The summed E-state index contributed by atoms with van der Waals surface area (Å²) in [5.41, 5.74) is 0.934. The van der Waals surface area contributed by atoms with Crippen LogP contribution in [0.25, 0.3) is 0 Å². The van der Waals surface area contributed by atoms with Gasteiger partial charge < -0.3 is 4.74 Å². The Morgan fingerprint density at radius 1 is 1.29 bits per heavy atom. The van der Waals surface area contributed by atoms with Crippen molar-refractivity contribution >= 4 is 23.4 Å². The Morgan fingerprint density at radius 3 is 2.57 bits per heavy atom. The topological polar surface area (TPSA) is 29.5 Å². The molecule has 0 radical (unpaired) electrons. The van der Waals surface area contributed by atoms with Gasteiger partial charge in [0.05, 0.1) is 25.3 Å². The Bertz CT molecular complexity index is 432. The number of halogens is 1. The van der Waals surface area contributed by atoms with Crippen molar-refractivity contribution in [3.8, 4) is 0 Å². The smallest absolute Gasteiger partial charge is 0.307 e. The van der Waals surface area contributed by atoms with E-state index >= 15 is 0 Å². The number of esters is 1. The zero-order valence-electron chi connectivity index (χ0n) is 12.6. The van der Waals surface area contributed by atoms with Crippen LogP contribution < -0.4 is 4.42 Å². The minimum absolute atomic E-state index is 0.00961. The summed E-state index contributed by atoms with van der Waals surface area (Å²) in [6.45, 7) is 0. The molecule has 0 heterocycles. The van der Waals surface area contributed by atoms with Crippen LogP contribution in [0.3, 0.4) is 0 Å². The van der Waals surface area contributed by atoms with Crippen molar-refractivity contribution in [3.63, 3.8) is 0 Å². The van der Waals surface area contributed by atoms with Gasteiger partial charge in [0.1, 0.15) is 0 Å². The maximum Gasteiger partial charge on any atom is 0.307 e. The lowest BCUT2D eigenvalue weighted by atomic mass is 9.84. The van der Waals surface area contributed by atoms with Crippen molar-refractivity contribution in [3.05, 3.63) is 30.3 Å². The zero-order chi connectivity index (χ0) is 15.1. The van der Waals surface area contributed by atoms with E-state index in [1.54, 1.807) is 4.42 Å². The zero-order valence-corrected chi connectivity index (χ0v) is 13.4. The monoisotopic (exact) mass is 309 g/mol. The van der Waals surface area contributed by atoms with Crippen LogP contribution in [0.15, 0.2) is 30.3 Å². The number of carbonyl (C=O) groups is 1. The Hall–Kier alpha value is -1.22. The molecule has 1 atom stereocenters. The molecule has 1 aliphatic rings. The molecule has 1 fully saturated rings. The number of nitrogens with zero attached hydrogens (tertiary/aromatic N) is 1. The average Bonchev–Trinajstić information content (AvgIpc) is 2.55. The number of hydrogen-bond donors (Lipinski definition) is 0. The van der Waals surface area contributed by atoms with Crippen molar-refractivity contribution in [1.82, 2.24) is 0 Å². The molecule has 0 aliphatic heterocycles. The van der Waals surface area contributed by atoms with Gasteiger partial charge in [-0.05, 0) is 24.5 Å². The summed E-state index contributed by atoms with van der Waals surface area (Å²) in [6.07, 6.45) is 7.71.